The summed E-state index contributed by atoms with van der Waals surface area (Å²) in [4.78, 5) is 17.8. The average Bonchev–Trinajstić information content (AvgIpc) is 3.54. The van der Waals surface area contributed by atoms with Crippen molar-refractivity contribution in [2.24, 2.45) is 0 Å². The summed E-state index contributed by atoms with van der Waals surface area (Å²) in [5.74, 6) is 1.22. The van der Waals surface area contributed by atoms with Gasteiger partial charge in [0.15, 0.2) is 0 Å². The van der Waals surface area contributed by atoms with Gasteiger partial charge in [-0.15, -0.1) is 0 Å². The summed E-state index contributed by atoms with van der Waals surface area (Å²) >= 11 is 0. The van der Waals surface area contributed by atoms with Crippen molar-refractivity contribution >= 4 is 5.91 Å². The lowest BCUT2D eigenvalue weighted by Crippen LogP contribution is -2.41. The molecule has 1 amide bonds. The van der Waals surface area contributed by atoms with E-state index in [1.54, 1.807) is 7.11 Å². The van der Waals surface area contributed by atoms with Crippen LogP contribution in [0.15, 0.2) is 54.6 Å². The minimum atomic E-state index is -0.244. The summed E-state index contributed by atoms with van der Waals surface area (Å²) in [5.41, 5.74) is 2.24. The van der Waals surface area contributed by atoms with Crippen molar-refractivity contribution in [1.82, 2.24) is 9.80 Å². The highest BCUT2D eigenvalue weighted by Gasteiger charge is 2.52. The molecule has 0 spiro atoms. The number of amides is 1. The number of hydrogen-bond donors (Lipinski definition) is 0. The van der Waals surface area contributed by atoms with Crippen LogP contribution in [0.1, 0.15) is 30.4 Å². The highest BCUT2D eigenvalue weighted by molar-refractivity contribution is 5.91. The van der Waals surface area contributed by atoms with Crippen LogP contribution in [0, 0.1) is 0 Å². The van der Waals surface area contributed by atoms with Gasteiger partial charge in [0.1, 0.15) is 5.75 Å². The number of carbonyl (C=O) groups is 1. The zero-order chi connectivity index (χ0) is 18.7. The molecule has 0 aromatic heterocycles. The maximum Gasteiger partial charge on any atom is 0.233 e. The van der Waals surface area contributed by atoms with Crippen molar-refractivity contribution in [2.45, 2.75) is 31.2 Å². The second kappa shape index (κ2) is 7.73. The molecule has 0 bridgehead atoms. The molecule has 0 N–H and O–H groups in total. The van der Waals surface area contributed by atoms with E-state index in [1.165, 1.54) is 11.1 Å². The highest BCUT2D eigenvalue weighted by Crippen LogP contribution is 2.49. The molecule has 2 aromatic rings. The standard InChI is InChI=1S/C23H28N2O2/c1-27-21-10-8-19(9-11-21)18-24-14-5-15-25(17-16-24)22(26)23(12-13-23)20-6-3-2-4-7-20/h2-4,6-11H,5,12-18H2,1H3. The van der Waals surface area contributed by atoms with E-state index >= 15 is 0 Å². The van der Waals surface area contributed by atoms with E-state index in [0.717, 1.165) is 57.7 Å². The van der Waals surface area contributed by atoms with Crippen molar-refractivity contribution in [3.63, 3.8) is 0 Å². The molecule has 0 radical (unpaired) electrons. The molecule has 1 aliphatic carbocycles. The van der Waals surface area contributed by atoms with Gasteiger partial charge in [-0.1, -0.05) is 42.5 Å². The van der Waals surface area contributed by atoms with Crippen molar-refractivity contribution in [3.8, 4) is 5.75 Å². The minimum absolute atomic E-state index is 0.244. The van der Waals surface area contributed by atoms with E-state index in [0.29, 0.717) is 5.91 Å². The Balaban J connectivity index is 1.37. The maximum atomic E-state index is 13.3. The van der Waals surface area contributed by atoms with E-state index in [1.807, 2.05) is 30.3 Å². The molecule has 2 fully saturated rings. The van der Waals surface area contributed by atoms with Crippen molar-refractivity contribution < 1.29 is 9.53 Å². The van der Waals surface area contributed by atoms with Gasteiger partial charge in [-0.3, -0.25) is 9.69 Å². The Labute approximate surface area is 161 Å². The Morgan fingerprint density at radius 3 is 2.37 bits per heavy atom. The molecule has 2 aliphatic rings. The lowest BCUT2D eigenvalue weighted by Gasteiger charge is -2.26. The molecule has 4 nitrogen and oxygen atoms in total. The third-order valence-electron chi connectivity index (χ3n) is 5.93. The average molecular weight is 364 g/mol. The van der Waals surface area contributed by atoms with E-state index in [2.05, 4.69) is 34.1 Å². The molecule has 4 rings (SSSR count). The summed E-state index contributed by atoms with van der Waals surface area (Å²) in [7, 11) is 1.69. The number of ether oxygens (including phenoxy) is 1. The van der Waals surface area contributed by atoms with Crippen LogP contribution in [0.4, 0.5) is 0 Å². The Morgan fingerprint density at radius 2 is 1.70 bits per heavy atom. The molecular weight excluding hydrogens is 336 g/mol. The van der Waals surface area contributed by atoms with Gasteiger partial charge in [-0.25, -0.2) is 0 Å². The van der Waals surface area contributed by atoms with Crippen LogP contribution in [-0.2, 0) is 16.8 Å². The molecule has 0 atom stereocenters. The molecule has 1 heterocycles. The van der Waals surface area contributed by atoms with Gasteiger partial charge in [0, 0.05) is 32.7 Å². The number of benzene rings is 2. The van der Waals surface area contributed by atoms with Crippen LogP contribution in [0.25, 0.3) is 0 Å². The molecule has 27 heavy (non-hydrogen) atoms. The zero-order valence-corrected chi connectivity index (χ0v) is 16.1. The first-order chi connectivity index (χ1) is 13.2. The third kappa shape index (κ3) is 3.86. The Kier molecular flexibility index (Phi) is 5.17. The van der Waals surface area contributed by atoms with Gasteiger partial charge < -0.3 is 9.64 Å². The Morgan fingerprint density at radius 1 is 0.963 bits per heavy atom. The molecule has 2 aromatic carbocycles. The minimum Gasteiger partial charge on any atom is -0.497 e. The Hall–Kier alpha value is -2.33. The fraction of sp³-hybridized carbons (Fsp3) is 0.435. The van der Waals surface area contributed by atoms with Crippen LogP contribution < -0.4 is 4.74 Å². The molecule has 1 aliphatic heterocycles. The van der Waals surface area contributed by atoms with Gasteiger partial charge in [-0.2, -0.15) is 0 Å². The number of nitrogens with zero attached hydrogens (tertiary/aromatic N) is 2. The number of rotatable bonds is 5. The Bertz CT molecular complexity index is 769. The lowest BCUT2D eigenvalue weighted by atomic mass is 9.94. The van der Waals surface area contributed by atoms with E-state index in [4.69, 9.17) is 4.74 Å². The van der Waals surface area contributed by atoms with Crippen molar-refractivity contribution in [1.29, 1.82) is 0 Å². The summed E-state index contributed by atoms with van der Waals surface area (Å²) < 4.78 is 5.24. The fourth-order valence-electron chi connectivity index (χ4n) is 4.13. The second-order valence-corrected chi connectivity index (χ2v) is 7.72. The quantitative estimate of drug-likeness (QED) is 0.815. The van der Waals surface area contributed by atoms with Gasteiger partial charge in [-0.05, 0) is 42.5 Å². The highest BCUT2D eigenvalue weighted by atomic mass is 16.5. The predicted octanol–water partition coefficient (Wildman–Crippen LogP) is 3.46. The molecule has 142 valence electrons. The maximum absolute atomic E-state index is 13.3. The molecule has 4 heteroatoms. The largest absolute Gasteiger partial charge is 0.497 e. The fourth-order valence-corrected chi connectivity index (χ4v) is 4.13. The van der Waals surface area contributed by atoms with Crippen LogP contribution in [0.2, 0.25) is 0 Å². The summed E-state index contributed by atoms with van der Waals surface area (Å²) in [5, 5.41) is 0. The number of carbonyl (C=O) groups excluding carboxylic acids is 1. The second-order valence-electron chi connectivity index (χ2n) is 7.72. The van der Waals surface area contributed by atoms with Gasteiger partial charge in [0.2, 0.25) is 5.91 Å². The molecule has 1 saturated carbocycles. The van der Waals surface area contributed by atoms with Gasteiger partial charge in [0.05, 0.1) is 12.5 Å². The molecule has 0 unspecified atom stereocenters. The van der Waals surface area contributed by atoms with Crippen molar-refractivity contribution in [2.75, 3.05) is 33.3 Å². The van der Waals surface area contributed by atoms with Gasteiger partial charge in [0.25, 0.3) is 0 Å². The first-order valence-corrected chi connectivity index (χ1v) is 9.91. The summed E-state index contributed by atoms with van der Waals surface area (Å²) in [6, 6.07) is 18.6. The number of methoxy groups -OCH3 is 1. The van der Waals surface area contributed by atoms with E-state index in [9.17, 15) is 4.79 Å². The smallest absolute Gasteiger partial charge is 0.233 e. The van der Waals surface area contributed by atoms with Crippen molar-refractivity contribution in [3.05, 3.63) is 65.7 Å². The van der Waals surface area contributed by atoms with E-state index < -0.39 is 0 Å². The normalized spacial score (nSPS) is 19.4. The molecular formula is C23H28N2O2. The first-order valence-electron chi connectivity index (χ1n) is 9.91. The molecule has 1 saturated heterocycles. The van der Waals surface area contributed by atoms with Crippen LogP contribution in [0.5, 0.6) is 5.75 Å². The lowest BCUT2D eigenvalue weighted by molar-refractivity contribution is -0.133. The SMILES string of the molecule is COc1ccc(CN2CCCN(C(=O)C3(c4ccccc4)CC3)CC2)cc1. The topological polar surface area (TPSA) is 32.8 Å². The first kappa shape index (κ1) is 18.1. The van der Waals surface area contributed by atoms with Gasteiger partial charge >= 0.3 is 0 Å². The van der Waals surface area contributed by atoms with E-state index in [-0.39, 0.29) is 5.41 Å². The third-order valence-corrected chi connectivity index (χ3v) is 5.93. The van der Waals surface area contributed by atoms with Crippen LogP contribution in [0.3, 0.4) is 0 Å². The van der Waals surface area contributed by atoms with Crippen LogP contribution in [-0.4, -0.2) is 49.0 Å². The zero-order valence-electron chi connectivity index (χ0n) is 16.1. The monoisotopic (exact) mass is 364 g/mol. The van der Waals surface area contributed by atoms with Crippen LogP contribution >= 0.6 is 0 Å². The summed E-state index contributed by atoms with van der Waals surface area (Å²) in [6.07, 6.45) is 3.01. The number of hydrogen-bond acceptors (Lipinski definition) is 3. The predicted molar refractivity (Wildman–Crippen MR) is 107 cm³/mol. The summed E-state index contributed by atoms with van der Waals surface area (Å²) in [6.45, 7) is 4.59.